The van der Waals surface area contributed by atoms with Crippen molar-refractivity contribution in [1.29, 1.82) is 0 Å². The Balaban J connectivity index is 1.76. The number of methoxy groups -OCH3 is 1. The van der Waals surface area contributed by atoms with Crippen molar-refractivity contribution in [3.05, 3.63) is 60.2 Å². The molecule has 0 saturated heterocycles. The van der Waals surface area contributed by atoms with Crippen molar-refractivity contribution in [2.24, 2.45) is 0 Å². The number of likely N-dealkylation sites (N-methyl/N-ethyl adjacent to an activating group) is 1. The van der Waals surface area contributed by atoms with Gasteiger partial charge in [-0.25, -0.2) is 0 Å². The third-order valence-corrected chi connectivity index (χ3v) is 4.15. The van der Waals surface area contributed by atoms with Gasteiger partial charge in [-0.05, 0) is 50.3 Å². The molecule has 0 aliphatic heterocycles. The van der Waals surface area contributed by atoms with Gasteiger partial charge in [-0.15, -0.1) is 0 Å². The highest BCUT2D eigenvalue weighted by atomic mass is 16.5. The van der Waals surface area contributed by atoms with Crippen LogP contribution in [0.1, 0.15) is 24.4 Å². The lowest BCUT2D eigenvalue weighted by atomic mass is 10.1. The Labute approximate surface area is 155 Å². The van der Waals surface area contributed by atoms with Crippen LogP contribution in [0.4, 0.5) is 0 Å². The molecule has 0 spiro atoms. The number of carbonyl (C=O) groups excluding carboxylic acids is 1. The molecule has 0 fully saturated rings. The maximum Gasteiger partial charge on any atom is 0.220 e. The van der Waals surface area contributed by atoms with Gasteiger partial charge < -0.3 is 19.7 Å². The summed E-state index contributed by atoms with van der Waals surface area (Å²) in [5.41, 5.74) is 1.11. The molecule has 0 unspecified atom stereocenters. The monoisotopic (exact) mass is 356 g/mol. The van der Waals surface area contributed by atoms with Gasteiger partial charge in [-0.1, -0.05) is 30.3 Å². The molecule has 1 N–H and O–H groups in total. The second kappa shape index (κ2) is 10.5. The summed E-state index contributed by atoms with van der Waals surface area (Å²) < 4.78 is 10.9. The lowest BCUT2D eigenvalue weighted by Crippen LogP contribution is -2.34. The maximum absolute atomic E-state index is 12.1. The van der Waals surface area contributed by atoms with Crippen LogP contribution in [0.25, 0.3) is 0 Å². The molecular weight excluding hydrogens is 328 g/mol. The second-order valence-corrected chi connectivity index (χ2v) is 6.33. The number of nitrogens with zero attached hydrogens (tertiary/aromatic N) is 1. The smallest absolute Gasteiger partial charge is 0.220 e. The molecule has 0 aromatic heterocycles. The van der Waals surface area contributed by atoms with Crippen molar-refractivity contribution in [1.82, 2.24) is 10.2 Å². The number of ether oxygens (including phenoxy) is 2. The van der Waals surface area contributed by atoms with E-state index in [0.717, 1.165) is 17.1 Å². The van der Waals surface area contributed by atoms with Gasteiger partial charge in [-0.2, -0.15) is 0 Å². The van der Waals surface area contributed by atoms with Gasteiger partial charge in [0.25, 0.3) is 0 Å². The van der Waals surface area contributed by atoms with Crippen LogP contribution in [0, 0.1) is 0 Å². The Morgan fingerprint density at radius 1 is 1.08 bits per heavy atom. The first-order chi connectivity index (χ1) is 12.6. The Morgan fingerprint density at radius 2 is 1.81 bits per heavy atom. The highest BCUT2D eigenvalue weighted by Crippen LogP contribution is 2.22. The lowest BCUT2D eigenvalue weighted by Gasteiger charge is -2.25. The molecule has 0 radical (unpaired) electrons. The molecule has 1 amide bonds. The van der Waals surface area contributed by atoms with Gasteiger partial charge in [-0.3, -0.25) is 4.79 Å². The maximum atomic E-state index is 12.1. The average Bonchev–Trinajstić information content (AvgIpc) is 2.66. The van der Waals surface area contributed by atoms with Crippen LogP contribution in [0.3, 0.4) is 0 Å². The van der Waals surface area contributed by atoms with Crippen molar-refractivity contribution in [3.8, 4) is 11.5 Å². The molecule has 140 valence electrons. The van der Waals surface area contributed by atoms with E-state index in [9.17, 15) is 4.79 Å². The molecule has 0 bridgehead atoms. The van der Waals surface area contributed by atoms with Crippen LogP contribution >= 0.6 is 0 Å². The Bertz CT molecular complexity index is 674. The van der Waals surface area contributed by atoms with E-state index in [1.54, 1.807) is 7.11 Å². The number of rotatable bonds is 10. The lowest BCUT2D eigenvalue weighted by molar-refractivity contribution is -0.121. The van der Waals surface area contributed by atoms with Gasteiger partial charge >= 0.3 is 0 Å². The molecule has 0 aliphatic carbocycles. The van der Waals surface area contributed by atoms with Crippen molar-refractivity contribution in [3.63, 3.8) is 0 Å². The van der Waals surface area contributed by atoms with Gasteiger partial charge in [0.2, 0.25) is 5.91 Å². The highest BCUT2D eigenvalue weighted by molar-refractivity contribution is 5.75. The van der Waals surface area contributed by atoms with Crippen LogP contribution in [-0.4, -0.2) is 45.2 Å². The van der Waals surface area contributed by atoms with Crippen molar-refractivity contribution in [2.75, 3.05) is 34.4 Å². The molecule has 0 aliphatic rings. The third-order valence-electron chi connectivity index (χ3n) is 4.15. The molecule has 5 nitrogen and oxygen atoms in total. The van der Waals surface area contributed by atoms with Gasteiger partial charge in [0.15, 0.2) is 0 Å². The fraction of sp³-hybridized carbons (Fsp3) is 0.381. The standard InChI is InChI=1S/C21H28N2O3/c1-23(2)20(17-9-7-12-19(15-17)25-3)16-22-21(24)13-8-14-26-18-10-5-4-6-11-18/h4-7,9-12,15,20H,8,13-14,16H2,1-3H3,(H,22,24)/t20-/m0/s1. The SMILES string of the molecule is COc1cccc([C@H](CNC(=O)CCCOc2ccccc2)N(C)C)c1. The zero-order valence-corrected chi connectivity index (χ0v) is 15.8. The predicted octanol–water partition coefficient (Wildman–Crippen LogP) is 3.27. The summed E-state index contributed by atoms with van der Waals surface area (Å²) in [6, 6.07) is 17.7. The van der Waals surface area contributed by atoms with E-state index in [2.05, 4.69) is 10.2 Å². The molecule has 26 heavy (non-hydrogen) atoms. The topological polar surface area (TPSA) is 50.8 Å². The molecule has 5 heteroatoms. The Hall–Kier alpha value is -2.53. The summed E-state index contributed by atoms with van der Waals surface area (Å²) in [5, 5.41) is 3.02. The summed E-state index contributed by atoms with van der Waals surface area (Å²) >= 11 is 0. The largest absolute Gasteiger partial charge is 0.497 e. The summed E-state index contributed by atoms with van der Waals surface area (Å²) in [6.07, 6.45) is 1.14. The minimum atomic E-state index is 0.0383. The van der Waals surface area contributed by atoms with Crippen LogP contribution in [-0.2, 0) is 4.79 Å². The van der Waals surface area contributed by atoms with Crippen LogP contribution < -0.4 is 14.8 Å². The number of amides is 1. The number of carbonyl (C=O) groups is 1. The molecule has 0 saturated carbocycles. The summed E-state index contributed by atoms with van der Waals surface area (Å²) in [6.45, 7) is 1.09. The predicted molar refractivity (Wildman–Crippen MR) is 104 cm³/mol. The van der Waals surface area contributed by atoms with Crippen LogP contribution in [0.5, 0.6) is 11.5 Å². The van der Waals surface area contributed by atoms with E-state index in [4.69, 9.17) is 9.47 Å². The minimum absolute atomic E-state index is 0.0383. The highest BCUT2D eigenvalue weighted by Gasteiger charge is 2.15. The first-order valence-electron chi connectivity index (χ1n) is 8.85. The van der Waals surface area contributed by atoms with Gasteiger partial charge in [0.1, 0.15) is 11.5 Å². The zero-order chi connectivity index (χ0) is 18.8. The molecule has 2 rings (SSSR count). The van der Waals surface area contributed by atoms with E-state index in [-0.39, 0.29) is 11.9 Å². The number of benzene rings is 2. The van der Waals surface area contributed by atoms with E-state index >= 15 is 0 Å². The molecule has 0 heterocycles. The molecule has 1 atom stereocenters. The Kier molecular flexibility index (Phi) is 7.96. The van der Waals surface area contributed by atoms with E-state index in [1.807, 2.05) is 68.7 Å². The summed E-state index contributed by atoms with van der Waals surface area (Å²) in [5.74, 6) is 1.69. The first-order valence-corrected chi connectivity index (χ1v) is 8.85. The van der Waals surface area contributed by atoms with Crippen molar-refractivity contribution < 1.29 is 14.3 Å². The van der Waals surface area contributed by atoms with E-state index in [0.29, 0.717) is 26.0 Å². The normalized spacial score (nSPS) is 11.8. The number of para-hydroxylation sites is 1. The number of hydrogen-bond donors (Lipinski definition) is 1. The van der Waals surface area contributed by atoms with Crippen LogP contribution in [0.15, 0.2) is 54.6 Å². The summed E-state index contributed by atoms with van der Waals surface area (Å²) in [4.78, 5) is 14.2. The van der Waals surface area contributed by atoms with Gasteiger partial charge in [0.05, 0.1) is 19.8 Å². The molecular formula is C21H28N2O3. The minimum Gasteiger partial charge on any atom is -0.497 e. The molecule has 2 aromatic rings. The van der Waals surface area contributed by atoms with E-state index in [1.165, 1.54) is 0 Å². The van der Waals surface area contributed by atoms with Crippen molar-refractivity contribution >= 4 is 5.91 Å². The first kappa shape index (κ1) is 19.8. The fourth-order valence-electron chi connectivity index (χ4n) is 2.69. The average molecular weight is 356 g/mol. The zero-order valence-electron chi connectivity index (χ0n) is 15.8. The number of nitrogens with one attached hydrogen (secondary N) is 1. The van der Waals surface area contributed by atoms with Crippen molar-refractivity contribution in [2.45, 2.75) is 18.9 Å². The fourth-order valence-corrected chi connectivity index (χ4v) is 2.69. The molecule has 2 aromatic carbocycles. The second-order valence-electron chi connectivity index (χ2n) is 6.33. The Morgan fingerprint density at radius 3 is 2.50 bits per heavy atom. The summed E-state index contributed by atoms with van der Waals surface area (Å²) in [7, 11) is 5.66. The quantitative estimate of drug-likeness (QED) is 0.664. The third kappa shape index (κ3) is 6.41. The van der Waals surface area contributed by atoms with Gasteiger partial charge in [0, 0.05) is 13.0 Å². The number of hydrogen-bond acceptors (Lipinski definition) is 4. The van der Waals surface area contributed by atoms with E-state index < -0.39 is 0 Å². The van der Waals surface area contributed by atoms with Crippen LogP contribution in [0.2, 0.25) is 0 Å².